The van der Waals surface area contributed by atoms with Crippen LogP contribution in [-0.4, -0.2) is 30.0 Å². The molecule has 106 valence electrons. The van der Waals surface area contributed by atoms with Gasteiger partial charge < -0.3 is 14.8 Å². The first-order chi connectivity index (χ1) is 9.85. The van der Waals surface area contributed by atoms with E-state index >= 15 is 0 Å². The molecule has 0 amide bonds. The minimum atomic E-state index is 0.423. The van der Waals surface area contributed by atoms with Crippen molar-refractivity contribution in [2.24, 2.45) is 0 Å². The van der Waals surface area contributed by atoms with E-state index in [1.807, 2.05) is 35.1 Å². The van der Waals surface area contributed by atoms with Gasteiger partial charge in [0.05, 0.1) is 25.5 Å². The van der Waals surface area contributed by atoms with Crippen molar-refractivity contribution in [1.82, 2.24) is 15.1 Å². The van der Waals surface area contributed by atoms with Crippen LogP contribution in [0.2, 0.25) is 0 Å². The van der Waals surface area contributed by atoms with E-state index in [0.717, 1.165) is 36.8 Å². The fraction of sp³-hybridized carbons (Fsp3) is 0.400. The third-order valence-electron chi connectivity index (χ3n) is 3.50. The molecule has 1 aliphatic heterocycles. The Bertz CT molecular complexity index is 562. The number of nitrogens with zero attached hydrogens (tertiary/aromatic N) is 2. The lowest BCUT2D eigenvalue weighted by atomic mass is 10.1. The summed E-state index contributed by atoms with van der Waals surface area (Å²) in [6.07, 6.45) is 6.06. The second-order valence-corrected chi connectivity index (χ2v) is 4.94. The van der Waals surface area contributed by atoms with Crippen molar-refractivity contribution < 1.29 is 9.47 Å². The van der Waals surface area contributed by atoms with E-state index in [1.54, 1.807) is 13.3 Å². The van der Waals surface area contributed by atoms with Gasteiger partial charge in [0.2, 0.25) is 0 Å². The third-order valence-corrected chi connectivity index (χ3v) is 3.50. The quantitative estimate of drug-likeness (QED) is 0.930. The van der Waals surface area contributed by atoms with Crippen LogP contribution in [0.3, 0.4) is 0 Å². The first-order valence-electron chi connectivity index (χ1n) is 6.92. The largest absolute Gasteiger partial charge is 0.497 e. The maximum absolute atomic E-state index is 5.81. The van der Waals surface area contributed by atoms with Crippen molar-refractivity contribution in [3.8, 4) is 17.2 Å². The van der Waals surface area contributed by atoms with Gasteiger partial charge in [-0.25, -0.2) is 0 Å². The number of benzene rings is 1. The topological polar surface area (TPSA) is 48.3 Å². The number of rotatable bonds is 4. The lowest BCUT2D eigenvalue weighted by Crippen LogP contribution is -2.31. The average Bonchev–Trinajstić information content (AvgIpc) is 2.97. The number of hydrogen-bond donors (Lipinski definition) is 1. The minimum Gasteiger partial charge on any atom is -0.497 e. The average molecular weight is 273 g/mol. The Hall–Kier alpha value is -2.01. The molecule has 20 heavy (non-hydrogen) atoms. The molecule has 3 rings (SSSR count). The zero-order chi connectivity index (χ0) is 13.8. The maximum atomic E-state index is 5.81. The van der Waals surface area contributed by atoms with Crippen LogP contribution >= 0.6 is 0 Å². The van der Waals surface area contributed by atoms with Gasteiger partial charge in [-0.1, -0.05) is 6.07 Å². The third kappa shape index (κ3) is 2.93. The lowest BCUT2D eigenvalue weighted by Gasteiger charge is -2.22. The molecule has 5 nitrogen and oxygen atoms in total. The van der Waals surface area contributed by atoms with E-state index < -0.39 is 0 Å². The Morgan fingerprint density at radius 2 is 2.20 bits per heavy atom. The number of aromatic nitrogens is 2. The summed E-state index contributed by atoms with van der Waals surface area (Å²) in [6, 6.07) is 7.99. The zero-order valence-electron chi connectivity index (χ0n) is 11.6. The fourth-order valence-corrected chi connectivity index (χ4v) is 2.43. The van der Waals surface area contributed by atoms with Crippen LogP contribution < -0.4 is 14.8 Å². The van der Waals surface area contributed by atoms with Crippen LogP contribution in [0.15, 0.2) is 36.7 Å². The summed E-state index contributed by atoms with van der Waals surface area (Å²) in [5.41, 5.74) is 0. The van der Waals surface area contributed by atoms with Crippen molar-refractivity contribution in [3.63, 3.8) is 0 Å². The van der Waals surface area contributed by atoms with E-state index in [0.29, 0.717) is 6.04 Å². The summed E-state index contributed by atoms with van der Waals surface area (Å²) < 4.78 is 13.0. The van der Waals surface area contributed by atoms with Gasteiger partial charge in [-0.2, -0.15) is 5.10 Å². The van der Waals surface area contributed by atoms with Crippen molar-refractivity contribution >= 4 is 0 Å². The number of ether oxygens (including phenoxy) is 2. The van der Waals surface area contributed by atoms with Crippen molar-refractivity contribution in [1.29, 1.82) is 0 Å². The van der Waals surface area contributed by atoms with E-state index in [2.05, 4.69) is 10.4 Å². The number of methoxy groups -OCH3 is 1. The highest BCUT2D eigenvalue weighted by molar-refractivity contribution is 5.35. The molecule has 0 saturated carbocycles. The zero-order valence-corrected chi connectivity index (χ0v) is 11.6. The van der Waals surface area contributed by atoms with Crippen LogP contribution in [0.25, 0.3) is 0 Å². The summed E-state index contributed by atoms with van der Waals surface area (Å²) in [5.74, 6) is 2.29. The van der Waals surface area contributed by atoms with E-state index in [1.165, 1.54) is 6.42 Å². The predicted molar refractivity (Wildman–Crippen MR) is 76.4 cm³/mol. The summed E-state index contributed by atoms with van der Waals surface area (Å²) in [6.45, 7) is 2.07. The maximum Gasteiger partial charge on any atom is 0.165 e. The van der Waals surface area contributed by atoms with Crippen LogP contribution in [0.5, 0.6) is 17.2 Å². The Morgan fingerprint density at radius 1 is 1.30 bits per heavy atom. The molecule has 1 N–H and O–H groups in total. The molecule has 1 aliphatic rings. The molecular formula is C15H19N3O2. The van der Waals surface area contributed by atoms with E-state index in [-0.39, 0.29) is 0 Å². The Labute approximate surface area is 118 Å². The van der Waals surface area contributed by atoms with Crippen molar-refractivity contribution in [2.45, 2.75) is 18.9 Å². The molecule has 1 fully saturated rings. The van der Waals surface area contributed by atoms with Crippen LogP contribution in [0, 0.1) is 0 Å². The van der Waals surface area contributed by atoms with Gasteiger partial charge in [-0.05, 0) is 31.5 Å². The van der Waals surface area contributed by atoms with Gasteiger partial charge in [0.25, 0.3) is 0 Å². The van der Waals surface area contributed by atoms with E-state index in [9.17, 15) is 0 Å². The summed E-state index contributed by atoms with van der Waals surface area (Å²) in [7, 11) is 1.65. The molecule has 2 aromatic rings. The lowest BCUT2D eigenvalue weighted by molar-refractivity contribution is 0.345. The molecule has 1 atom stereocenters. The first kappa shape index (κ1) is 13.0. The smallest absolute Gasteiger partial charge is 0.165 e. The number of nitrogens with one attached hydrogen (secondary N) is 1. The Morgan fingerprint density at radius 3 is 3.00 bits per heavy atom. The summed E-state index contributed by atoms with van der Waals surface area (Å²) in [5, 5.41) is 7.79. The minimum absolute atomic E-state index is 0.423. The Balaban J connectivity index is 1.70. The number of piperidine rings is 1. The van der Waals surface area contributed by atoms with Gasteiger partial charge in [0.15, 0.2) is 5.75 Å². The summed E-state index contributed by atoms with van der Waals surface area (Å²) in [4.78, 5) is 0. The highest BCUT2D eigenvalue weighted by atomic mass is 16.5. The predicted octanol–water partition coefficient (Wildman–Crippen LogP) is 2.61. The fourth-order valence-electron chi connectivity index (χ4n) is 2.43. The molecule has 5 heteroatoms. The molecule has 0 spiro atoms. The monoisotopic (exact) mass is 273 g/mol. The molecule has 0 aliphatic carbocycles. The van der Waals surface area contributed by atoms with Crippen molar-refractivity contribution in [2.75, 3.05) is 20.2 Å². The number of hydrogen-bond acceptors (Lipinski definition) is 4. The SMILES string of the molecule is COc1cccc(Oc2cnn(C3CCCNC3)c2)c1. The van der Waals surface area contributed by atoms with Crippen LogP contribution in [0.4, 0.5) is 0 Å². The standard InChI is InChI=1S/C15H19N3O2/c1-19-13-5-2-6-14(8-13)20-15-10-17-18(11-15)12-4-3-7-16-9-12/h2,5-6,8,10-12,16H,3-4,7,9H2,1H3. The Kier molecular flexibility index (Phi) is 3.87. The van der Waals surface area contributed by atoms with Crippen molar-refractivity contribution in [3.05, 3.63) is 36.7 Å². The second-order valence-electron chi connectivity index (χ2n) is 4.94. The van der Waals surface area contributed by atoms with Gasteiger partial charge >= 0.3 is 0 Å². The molecular weight excluding hydrogens is 254 g/mol. The first-order valence-corrected chi connectivity index (χ1v) is 6.92. The normalized spacial score (nSPS) is 18.8. The molecule has 1 aromatic carbocycles. The molecule has 0 bridgehead atoms. The van der Waals surface area contributed by atoms with Crippen LogP contribution in [0.1, 0.15) is 18.9 Å². The van der Waals surface area contributed by atoms with Gasteiger partial charge in [-0.3, -0.25) is 4.68 Å². The molecule has 0 radical (unpaired) electrons. The highest BCUT2D eigenvalue weighted by Gasteiger charge is 2.16. The highest BCUT2D eigenvalue weighted by Crippen LogP contribution is 2.26. The van der Waals surface area contributed by atoms with E-state index in [4.69, 9.17) is 9.47 Å². The molecule has 2 heterocycles. The van der Waals surface area contributed by atoms with Crippen LogP contribution in [-0.2, 0) is 0 Å². The second kappa shape index (κ2) is 5.96. The van der Waals surface area contributed by atoms with Gasteiger partial charge in [0.1, 0.15) is 11.5 Å². The summed E-state index contributed by atoms with van der Waals surface area (Å²) >= 11 is 0. The molecule has 1 saturated heterocycles. The molecule has 1 unspecified atom stereocenters. The molecule has 1 aromatic heterocycles. The van der Waals surface area contributed by atoms with Gasteiger partial charge in [0, 0.05) is 12.6 Å². The van der Waals surface area contributed by atoms with Gasteiger partial charge in [-0.15, -0.1) is 0 Å².